The van der Waals surface area contributed by atoms with E-state index in [0.717, 1.165) is 24.8 Å². The standard InChI is InChI=1S/C26H38N2O5/c1-4-6-7-11-15-25(31)33-20(3)18-27-26(32)22(12-5-2)17-24(30)28-23(19-29)16-21-13-9-8-10-14-21/h4-5,8-10,13-14,20,22-23,29H,1-2,6-7,11-12,15-19H2,3H3,(H,27,32)(H,28,30)/t20-,22+,23+/m0/s1. The fourth-order valence-electron chi connectivity index (χ4n) is 3.33. The molecule has 0 aliphatic rings. The van der Waals surface area contributed by atoms with Crippen LogP contribution >= 0.6 is 0 Å². The van der Waals surface area contributed by atoms with Crippen molar-refractivity contribution in [1.29, 1.82) is 0 Å². The SMILES string of the molecule is C=CCCCCC(=O)O[C@@H](C)CNC(=O)[C@H](CC=C)CC(=O)N[C@@H](CO)Cc1ccccc1. The Labute approximate surface area is 197 Å². The molecule has 0 radical (unpaired) electrons. The number of hydrogen-bond donors (Lipinski definition) is 3. The van der Waals surface area contributed by atoms with E-state index in [4.69, 9.17) is 4.74 Å². The molecule has 182 valence electrons. The number of unbranched alkanes of at least 4 members (excludes halogenated alkanes) is 2. The van der Waals surface area contributed by atoms with Gasteiger partial charge in [0.1, 0.15) is 6.10 Å². The van der Waals surface area contributed by atoms with E-state index < -0.39 is 18.1 Å². The summed E-state index contributed by atoms with van der Waals surface area (Å²) < 4.78 is 5.32. The van der Waals surface area contributed by atoms with Gasteiger partial charge < -0.3 is 20.5 Å². The lowest BCUT2D eigenvalue weighted by molar-refractivity contribution is -0.148. The number of allylic oxidation sites excluding steroid dienone is 2. The van der Waals surface area contributed by atoms with E-state index in [9.17, 15) is 19.5 Å². The number of aliphatic hydroxyl groups is 1. The van der Waals surface area contributed by atoms with E-state index in [2.05, 4.69) is 23.8 Å². The topological polar surface area (TPSA) is 105 Å². The fourth-order valence-corrected chi connectivity index (χ4v) is 3.33. The molecule has 0 aromatic heterocycles. The van der Waals surface area contributed by atoms with E-state index in [0.29, 0.717) is 19.3 Å². The smallest absolute Gasteiger partial charge is 0.306 e. The predicted molar refractivity (Wildman–Crippen MR) is 129 cm³/mol. The second-order valence-electron chi connectivity index (χ2n) is 8.14. The van der Waals surface area contributed by atoms with Gasteiger partial charge in [-0.1, -0.05) is 42.5 Å². The number of nitrogens with one attached hydrogen (secondary N) is 2. The van der Waals surface area contributed by atoms with Crippen LogP contribution in [0.15, 0.2) is 55.6 Å². The third-order valence-electron chi connectivity index (χ3n) is 5.10. The predicted octanol–water partition coefficient (Wildman–Crippen LogP) is 3.08. The second kappa shape index (κ2) is 16.7. The minimum Gasteiger partial charge on any atom is -0.461 e. The van der Waals surface area contributed by atoms with Gasteiger partial charge in [0.15, 0.2) is 0 Å². The van der Waals surface area contributed by atoms with Crippen LogP contribution in [0.3, 0.4) is 0 Å². The zero-order chi connectivity index (χ0) is 24.5. The van der Waals surface area contributed by atoms with Crippen LogP contribution in [0.2, 0.25) is 0 Å². The van der Waals surface area contributed by atoms with Crippen LogP contribution in [0.1, 0.15) is 51.0 Å². The molecule has 1 aromatic rings. The summed E-state index contributed by atoms with van der Waals surface area (Å²) in [5.74, 6) is -1.51. The number of carbonyl (C=O) groups is 3. The molecule has 3 atom stereocenters. The molecule has 0 unspecified atom stereocenters. The molecule has 2 amide bonds. The zero-order valence-corrected chi connectivity index (χ0v) is 19.6. The highest BCUT2D eigenvalue weighted by Crippen LogP contribution is 2.11. The highest BCUT2D eigenvalue weighted by atomic mass is 16.5. The Balaban J connectivity index is 2.46. The van der Waals surface area contributed by atoms with E-state index in [1.54, 1.807) is 13.0 Å². The molecule has 0 bridgehead atoms. The van der Waals surface area contributed by atoms with E-state index in [1.165, 1.54) is 0 Å². The first-order valence-corrected chi connectivity index (χ1v) is 11.5. The highest BCUT2D eigenvalue weighted by Gasteiger charge is 2.23. The molecule has 0 aliphatic carbocycles. The molecule has 3 N–H and O–H groups in total. The van der Waals surface area contributed by atoms with Crippen molar-refractivity contribution in [2.45, 2.75) is 64.0 Å². The van der Waals surface area contributed by atoms with Crippen LogP contribution in [0, 0.1) is 5.92 Å². The minimum absolute atomic E-state index is 0.0272. The Morgan fingerprint density at radius 2 is 1.85 bits per heavy atom. The Morgan fingerprint density at radius 3 is 2.48 bits per heavy atom. The summed E-state index contributed by atoms with van der Waals surface area (Å²) in [7, 11) is 0. The van der Waals surface area contributed by atoms with Crippen molar-refractivity contribution >= 4 is 17.8 Å². The summed E-state index contributed by atoms with van der Waals surface area (Å²) in [6.45, 7) is 9.00. The first-order chi connectivity index (χ1) is 15.9. The third kappa shape index (κ3) is 12.6. The summed E-state index contributed by atoms with van der Waals surface area (Å²) in [5.41, 5.74) is 1.00. The number of hydrogen-bond acceptors (Lipinski definition) is 5. The van der Waals surface area contributed by atoms with Gasteiger partial charge in [-0.3, -0.25) is 14.4 Å². The van der Waals surface area contributed by atoms with Gasteiger partial charge in [0.25, 0.3) is 0 Å². The minimum atomic E-state index is -0.597. The largest absolute Gasteiger partial charge is 0.461 e. The maximum atomic E-state index is 12.6. The van der Waals surface area contributed by atoms with Gasteiger partial charge in [-0.05, 0) is 44.6 Å². The average molecular weight is 459 g/mol. The van der Waals surface area contributed by atoms with E-state index >= 15 is 0 Å². The van der Waals surface area contributed by atoms with Crippen LogP contribution in [0.5, 0.6) is 0 Å². The maximum Gasteiger partial charge on any atom is 0.306 e. The first-order valence-electron chi connectivity index (χ1n) is 11.5. The molecule has 0 saturated carbocycles. The third-order valence-corrected chi connectivity index (χ3v) is 5.10. The summed E-state index contributed by atoms with van der Waals surface area (Å²) in [4.78, 5) is 37.0. The number of rotatable bonds is 17. The van der Waals surface area contributed by atoms with Gasteiger partial charge in [-0.2, -0.15) is 0 Å². The van der Waals surface area contributed by atoms with E-state index in [-0.39, 0.29) is 37.4 Å². The van der Waals surface area contributed by atoms with Crippen molar-refractivity contribution in [3.63, 3.8) is 0 Å². The number of carbonyl (C=O) groups excluding carboxylic acids is 3. The summed E-state index contributed by atoms with van der Waals surface area (Å²) in [6, 6.07) is 9.13. The van der Waals surface area contributed by atoms with Gasteiger partial charge >= 0.3 is 5.97 Å². The second-order valence-corrected chi connectivity index (χ2v) is 8.14. The normalized spacial score (nSPS) is 13.3. The molecule has 0 aliphatic heterocycles. The first kappa shape index (κ1) is 28.1. The molecule has 7 nitrogen and oxygen atoms in total. The van der Waals surface area contributed by atoms with Crippen LogP contribution in [0.4, 0.5) is 0 Å². The average Bonchev–Trinajstić information content (AvgIpc) is 2.80. The molecule has 1 aromatic carbocycles. The quantitative estimate of drug-likeness (QED) is 0.189. The lowest BCUT2D eigenvalue weighted by atomic mass is 9.99. The summed E-state index contributed by atoms with van der Waals surface area (Å²) in [5, 5.41) is 15.2. The molecule has 0 heterocycles. The lowest BCUT2D eigenvalue weighted by Gasteiger charge is -2.20. The molecule has 7 heteroatoms. The lowest BCUT2D eigenvalue weighted by Crippen LogP contribution is -2.42. The Kier molecular flexibility index (Phi) is 14.2. The van der Waals surface area contributed by atoms with Crippen LogP contribution < -0.4 is 10.6 Å². The number of ether oxygens (including phenoxy) is 1. The fraction of sp³-hybridized carbons (Fsp3) is 0.500. The molecular formula is C26H38N2O5. The Morgan fingerprint density at radius 1 is 1.12 bits per heavy atom. The molecule has 0 spiro atoms. The van der Waals surface area contributed by atoms with Crippen molar-refractivity contribution < 1.29 is 24.2 Å². The summed E-state index contributed by atoms with van der Waals surface area (Å²) >= 11 is 0. The van der Waals surface area contributed by atoms with Gasteiger partial charge in [-0.15, -0.1) is 13.2 Å². The van der Waals surface area contributed by atoms with Gasteiger partial charge in [0.05, 0.1) is 25.1 Å². The van der Waals surface area contributed by atoms with Gasteiger partial charge in [0.2, 0.25) is 11.8 Å². The zero-order valence-electron chi connectivity index (χ0n) is 19.6. The highest BCUT2D eigenvalue weighted by molar-refractivity contribution is 5.86. The molecule has 1 rings (SSSR count). The summed E-state index contributed by atoms with van der Waals surface area (Å²) in [6.07, 6.45) is 6.56. The molecular weight excluding hydrogens is 420 g/mol. The van der Waals surface area contributed by atoms with Crippen molar-refractivity contribution in [2.75, 3.05) is 13.2 Å². The molecule has 33 heavy (non-hydrogen) atoms. The van der Waals surface area contributed by atoms with Gasteiger partial charge in [0, 0.05) is 12.8 Å². The van der Waals surface area contributed by atoms with Crippen LogP contribution in [-0.4, -0.2) is 48.2 Å². The number of amides is 2. The van der Waals surface area contributed by atoms with Crippen LogP contribution in [0.25, 0.3) is 0 Å². The molecule has 0 saturated heterocycles. The Bertz CT molecular complexity index is 750. The van der Waals surface area contributed by atoms with Crippen LogP contribution in [-0.2, 0) is 25.5 Å². The van der Waals surface area contributed by atoms with Gasteiger partial charge in [-0.25, -0.2) is 0 Å². The van der Waals surface area contributed by atoms with Crippen molar-refractivity contribution in [2.24, 2.45) is 5.92 Å². The van der Waals surface area contributed by atoms with E-state index in [1.807, 2.05) is 36.4 Å². The maximum absolute atomic E-state index is 12.6. The number of esters is 1. The molecule has 0 fully saturated rings. The van der Waals surface area contributed by atoms with Crippen molar-refractivity contribution in [1.82, 2.24) is 10.6 Å². The number of benzene rings is 1. The number of aliphatic hydroxyl groups excluding tert-OH is 1. The Hall–Kier alpha value is -2.93. The van der Waals surface area contributed by atoms with Crippen molar-refractivity contribution in [3.05, 3.63) is 61.2 Å². The monoisotopic (exact) mass is 458 g/mol. The van der Waals surface area contributed by atoms with Crippen molar-refractivity contribution in [3.8, 4) is 0 Å².